The topological polar surface area (TPSA) is 124 Å². The third-order valence-electron chi connectivity index (χ3n) is 5.04. The summed E-state index contributed by atoms with van der Waals surface area (Å²) in [5, 5.41) is 2.57. The van der Waals surface area contributed by atoms with Crippen molar-refractivity contribution in [3.05, 3.63) is 60.4 Å². The highest BCUT2D eigenvalue weighted by molar-refractivity contribution is 7.89. The van der Waals surface area contributed by atoms with Gasteiger partial charge in [-0.2, -0.15) is 0 Å². The fourth-order valence-corrected chi connectivity index (χ4v) is 4.18. The molecule has 1 aliphatic heterocycles. The van der Waals surface area contributed by atoms with Gasteiger partial charge in [0.2, 0.25) is 0 Å². The molecule has 11 heteroatoms. The van der Waals surface area contributed by atoms with Crippen LogP contribution >= 0.6 is 0 Å². The van der Waals surface area contributed by atoms with Gasteiger partial charge >= 0.3 is 6.09 Å². The number of carbonyl (C=O) groups is 1. The van der Waals surface area contributed by atoms with Gasteiger partial charge in [0.1, 0.15) is 17.4 Å². The molecule has 178 valence electrons. The van der Waals surface area contributed by atoms with Crippen LogP contribution in [0.15, 0.2) is 54.7 Å². The lowest BCUT2D eigenvalue weighted by Crippen LogP contribution is -2.44. The Labute approximate surface area is 197 Å². The second kappa shape index (κ2) is 10.1. The smallest absolute Gasteiger partial charge is 0.410 e. The van der Waals surface area contributed by atoms with Crippen molar-refractivity contribution >= 4 is 27.6 Å². The van der Waals surface area contributed by atoms with Gasteiger partial charge in [-0.25, -0.2) is 28.2 Å². The summed E-state index contributed by atoms with van der Waals surface area (Å²) in [7, 11) is -3.29. The lowest BCUT2D eigenvalue weighted by Gasteiger charge is -2.34. The van der Waals surface area contributed by atoms with Crippen LogP contribution in [-0.2, 0) is 20.3 Å². The van der Waals surface area contributed by atoms with Crippen LogP contribution in [0.1, 0.15) is 12.6 Å². The molecule has 0 unspecified atom stereocenters. The summed E-state index contributed by atoms with van der Waals surface area (Å²) in [5.41, 5.74) is 0.981. The van der Waals surface area contributed by atoms with Crippen LogP contribution in [0.25, 0.3) is 11.4 Å². The Morgan fingerprint density at radius 1 is 1.21 bits per heavy atom. The number of pyridine rings is 1. The van der Waals surface area contributed by atoms with Crippen molar-refractivity contribution in [2.24, 2.45) is 0 Å². The number of ether oxygens (including phenoxy) is 2. The minimum Gasteiger partial charge on any atom is -0.410 e. The predicted molar refractivity (Wildman–Crippen MR) is 128 cm³/mol. The van der Waals surface area contributed by atoms with E-state index in [1.807, 2.05) is 13.0 Å². The van der Waals surface area contributed by atoms with Gasteiger partial charge in [-0.05, 0) is 31.2 Å². The van der Waals surface area contributed by atoms with E-state index in [0.717, 1.165) is 0 Å². The van der Waals surface area contributed by atoms with Crippen molar-refractivity contribution in [3.8, 4) is 17.1 Å². The fraction of sp³-hybridized carbons (Fsp3) is 0.304. The molecule has 0 aliphatic carbocycles. The standard InChI is InChI=1S/C23H25N5O5S/c1-16-14-32-11-10-28(16)21-12-18(15-34(2,30)31)25-22(27-21)17-8-9-20(24-13-17)26-23(29)33-19-6-4-3-5-7-19/h3-9,12-13,16H,10-11,14-15H2,1-2H3,(H,24,26,29)/t16-/m0/s1. The molecule has 1 aliphatic rings. The number of sulfone groups is 1. The molecular formula is C23H25N5O5S. The molecule has 4 rings (SSSR count). The average molecular weight is 484 g/mol. The number of carbonyl (C=O) groups excluding carboxylic acids is 1. The Bertz CT molecular complexity index is 1250. The fourth-order valence-electron chi connectivity index (χ4n) is 3.50. The number of para-hydroxylation sites is 1. The first-order valence-corrected chi connectivity index (χ1v) is 12.7. The SMILES string of the molecule is C[C@H]1COCCN1c1cc(CS(C)(=O)=O)nc(-c2ccc(NC(=O)Oc3ccccc3)nc2)n1. The number of amides is 1. The van der Waals surface area contributed by atoms with Crippen molar-refractivity contribution in [3.63, 3.8) is 0 Å². The first kappa shape index (κ1) is 23.6. The van der Waals surface area contributed by atoms with Gasteiger partial charge < -0.3 is 14.4 Å². The maximum atomic E-state index is 12.1. The molecule has 0 radical (unpaired) electrons. The highest BCUT2D eigenvalue weighted by Gasteiger charge is 2.22. The zero-order valence-electron chi connectivity index (χ0n) is 18.8. The minimum atomic E-state index is -3.29. The number of anilines is 2. The molecule has 2 aromatic heterocycles. The summed E-state index contributed by atoms with van der Waals surface area (Å²) in [6.07, 6.45) is 2.02. The van der Waals surface area contributed by atoms with E-state index < -0.39 is 15.9 Å². The number of nitrogens with zero attached hydrogens (tertiary/aromatic N) is 4. The molecule has 3 heterocycles. The van der Waals surface area contributed by atoms with Gasteiger partial charge in [-0.15, -0.1) is 0 Å². The van der Waals surface area contributed by atoms with Crippen molar-refractivity contribution < 1.29 is 22.7 Å². The molecule has 0 spiro atoms. The number of morpholine rings is 1. The first-order valence-electron chi connectivity index (χ1n) is 10.7. The molecule has 1 aromatic carbocycles. The normalized spacial score (nSPS) is 16.2. The highest BCUT2D eigenvalue weighted by atomic mass is 32.2. The Morgan fingerprint density at radius 2 is 2.00 bits per heavy atom. The van der Waals surface area contributed by atoms with Gasteiger partial charge in [0.15, 0.2) is 15.7 Å². The first-order chi connectivity index (χ1) is 16.3. The van der Waals surface area contributed by atoms with E-state index in [4.69, 9.17) is 9.47 Å². The highest BCUT2D eigenvalue weighted by Crippen LogP contribution is 2.24. The predicted octanol–water partition coefficient (Wildman–Crippen LogP) is 2.92. The summed E-state index contributed by atoms with van der Waals surface area (Å²) in [6.45, 7) is 3.78. The Hall–Kier alpha value is -3.57. The van der Waals surface area contributed by atoms with E-state index in [2.05, 4.69) is 25.2 Å². The summed E-state index contributed by atoms with van der Waals surface area (Å²) >= 11 is 0. The van der Waals surface area contributed by atoms with E-state index >= 15 is 0 Å². The maximum Gasteiger partial charge on any atom is 0.418 e. The van der Waals surface area contributed by atoms with Crippen molar-refractivity contribution in [1.82, 2.24) is 15.0 Å². The number of hydrogen-bond acceptors (Lipinski definition) is 9. The molecule has 1 N–H and O–H groups in total. The van der Waals surface area contributed by atoms with Gasteiger partial charge in [0.05, 0.1) is 30.7 Å². The van der Waals surface area contributed by atoms with Crippen molar-refractivity contribution in [2.45, 2.75) is 18.7 Å². The summed E-state index contributed by atoms with van der Waals surface area (Å²) < 4.78 is 34.5. The average Bonchev–Trinajstić information content (AvgIpc) is 2.79. The van der Waals surface area contributed by atoms with E-state index in [0.29, 0.717) is 54.2 Å². The number of benzene rings is 1. The van der Waals surface area contributed by atoms with Crippen LogP contribution < -0.4 is 15.0 Å². The molecule has 1 atom stereocenters. The van der Waals surface area contributed by atoms with Crippen LogP contribution in [0.5, 0.6) is 5.75 Å². The van der Waals surface area contributed by atoms with Crippen LogP contribution in [-0.4, -0.2) is 61.5 Å². The lowest BCUT2D eigenvalue weighted by molar-refractivity contribution is 0.0985. The molecule has 1 fully saturated rings. The van der Waals surface area contributed by atoms with E-state index in [-0.39, 0.29) is 11.8 Å². The van der Waals surface area contributed by atoms with Crippen LogP contribution in [0.2, 0.25) is 0 Å². The van der Waals surface area contributed by atoms with Gasteiger partial charge in [-0.1, -0.05) is 18.2 Å². The van der Waals surface area contributed by atoms with Crippen LogP contribution in [0.3, 0.4) is 0 Å². The molecule has 3 aromatic rings. The van der Waals surface area contributed by atoms with Crippen LogP contribution in [0, 0.1) is 0 Å². The van der Waals surface area contributed by atoms with Gasteiger partial charge in [0.25, 0.3) is 0 Å². The molecule has 1 amide bonds. The van der Waals surface area contributed by atoms with E-state index in [1.54, 1.807) is 42.5 Å². The molecule has 1 saturated heterocycles. The second-order valence-electron chi connectivity index (χ2n) is 7.99. The molecule has 10 nitrogen and oxygen atoms in total. The number of nitrogens with one attached hydrogen (secondary N) is 1. The third-order valence-corrected chi connectivity index (χ3v) is 5.86. The largest absolute Gasteiger partial charge is 0.418 e. The zero-order chi connectivity index (χ0) is 24.1. The lowest BCUT2D eigenvalue weighted by atomic mass is 10.2. The Kier molecular flexibility index (Phi) is 7.03. The van der Waals surface area contributed by atoms with E-state index in [1.165, 1.54) is 12.5 Å². The number of hydrogen-bond donors (Lipinski definition) is 1. The van der Waals surface area contributed by atoms with Gasteiger partial charge in [-0.3, -0.25) is 5.32 Å². The van der Waals surface area contributed by atoms with E-state index in [9.17, 15) is 13.2 Å². The molecule has 34 heavy (non-hydrogen) atoms. The quantitative estimate of drug-likeness (QED) is 0.563. The minimum absolute atomic E-state index is 0.0860. The van der Waals surface area contributed by atoms with Crippen LogP contribution in [0.4, 0.5) is 16.4 Å². The Morgan fingerprint density at radius 3 is 2.68 bits per heavy atom. The Balaban J connectivity index is 1.56. The van der Waals surface area contributed by atoms with Crippen molar-refractivity contribution in [2.75, 3.05) is 36.2 Å². The second-order valence-corrected chi connectivity index (χ2v) is 10.1. The van der Waals surface area contributed by atoms with Gasteiger partial charge in [0, 0.05) is 30.6 Å². The maximum absolute atomic E-state index is 12.1. The number of rotatable bonds is 6. The molecular weight excluding hydrogens is 458 g/mol. The number of aromatic nitrogens is 3. The zero-order valence-corrected chi connectivity index (χ0v) is 19.7. The molecule has 0 saturated carbocycles. The van der Waals surface area contributed by atoms with Crippen molar-refractivity contribution in [1.29, 1.82) is 0 Å². The third kappa shape index (κ3) is 6.27. The summed E-state index contributed by atoms with van der Waals surface area (Å²) in [4.78, 5) is 27.5. The molecule has 0 bridgehead atoms. The monoisotopic (exact) mass is 483 g/mol. The summed E-state index contributed by atoms with van der Waals surface area (Å²) in [6, 6.07) is 13.8. The summed E-state index contributed by atoms with van der Waals surface area (Å²) in [5.74, 6) is 1.48.